The Bertz CT molecular complexity index is 603. The molecule has 0 aliphatic carbocycles. The van der Waals surface area contributed by atoms with Gasteiger partial charge in [0, 0.05) is 18.2 Å². The first kappa shape index (κ1) is 12.9. The van der Waals surface area contributed by atoms with Crippen LogP contribution in [-0.2, 0) is 11.2 Å². The number of benzene rings is 2. The first-order chi connectivity index (χ1) is 9.17. The van der Waals surface area contributed by atoms with E-state index in [1.807, 2.05) is 48.5 Å². The monoisotopic (exact) mass is 249 g/mol. The van der Waals surface area contributed by atoms with Crippen LogP contribution in [0.4, 0.5) is 5.69 Å². The van der Waals surface area contributed by atoms with Crippen LogP contribution in [0.1, 0.15) is 23.6 Å². The Morgan fingerprint density at radius 1 is 1.05 bits per heavy atom. The first-order valence-corrected chi connectivity index (χ1v) is 6.09. The second kappa shape index (κ2) is 5.88. The fraction of sp³-hybridized carbons (Fsp3) is 0.118. The van der Waals surface area contributed by atoms with E-state index in [9.17, 15) is 4.79 Å². The first-order valence-electron chi connectivity index (χ1n) is 6.09. The fourth-order valence-electron chi connectivity index (χ4n) is 1.86. The largest absolute Gasteiger partial charge is 0.326 e. The number of hydrogen-bond acceptors (Lipinski definition) is 1. The van der Waals surface area contributed by atoms with Crippen LogP contribution in [-0.4, -0.2) is 5.91 Å². The SMILES string of the molecule is C#Cc1ccc(Cc2ccc(NC(C)=O)cc2)cc1. The highest BCUT2D eigenvalue weighted by atomic mass is 16.1. The molecule has 2 rings (SSSR count). The van der Waals surface area contributed by atoms with Crippen molar-refractivity contribution in [3.8, 4) is 12.3 Å². The predicted molar refractivity (Wildman–Crippen MR) is 77.9 cm³/mol. The van der Waals surface area contributed by atoms with Crippen LogP contribution in [0.15, 0.2) is 48.5 Å². The minimum absolute atomic E-state index is 0.0578. The molecule has 19 heavy (non-hydrogen) atoms. The van der Waals surface area contributed by atoms with E-state index in [0.717, 1.165) is 17.7 Å². The summed E-state index contributed by atoms with van der Waals surface area (Å²) >= 11 is 0. The van der Waals surface area contributed by atoms with Gasteiger partial charge in [0.25, 0.3) is 0 Å². The molecule has 0 aliphatic rings. The van der Waals surface area contributed by atoms with Crippen molar-refractivity contribution in [2.45, 2.75) is 13.3 Å². The molecule has 0 saturated heterocycles. The van der Waals surface area contributed by atoms with E-state index < -0.39 is 0 Å². The lowest BCUT2D eigenvalue weighted by Gasteiger charge is -2.05. The van der Waals surface area contributed by atoms with E-state index in [1.54, 1.807) is 0 Å². The summed E-state index contributed by atoms with van der Waals surface area (Å²) in [6.07, 6.45) is 6.18. The van der Waals surface area contributed by atoms with E-state index in [4.69, 9.17) is 6.42 Å². The molecular weight excluding hydrogens is 234 g/mol. The summed E-state index contributed by atoms with van der Waals surface area (Å²) in [6.45, 7) is 1.50. The highest BCUT2D eigenvalue weighted by Gasteiger charge is 1.98. The molecule has 0 unspecified atom stereocenters. The van der Waals surface area contributed by atoms with Crippen LogP contribution in [0.2, 0.25) is 0 Å². The lowest BCUT2D eigenvalue weighted by molar-refractivity contribution is -0.114. The van der Waals surface area contributed by atoms with Crippen molar-refractivity contribution in [2.24, 2.45) is 0 Å². The van der Waals surface area contributed by atoms with Crippen LogP contribution in [0, 0.1) is 12.3 Å². The number of terminal acetylenes is 1. The lowest BCUT2D eigenvalue weighted by atomic mass is 10.0. The average Bonchev–Trinajstić information content (AvgIpc) is 2.41. The number of carbonyl (C=O) groups is 1. The molecule has 2 aromatic rings. The normalized spacial score (nSPS) is 9.68. The Labute approximate surface area is 113 Å². The molecule has 2 nitrogen and oxygen atoms in total. The second-order valence-corrected chi connectivity index (χ2v) is 4.40. The number of hydrogen-bond donors (Lipinski definition) is 1. The summed E-state index contributed by atoms with van der Waals surface area (Å²) in [6, 6.07) is 15.8. The lowest BCUT2D eigenvalue weighted by Crippen LogP contribution is -2.05. The van der Waals surface area contributed by atoms with Crippen molar-refractivity contribution in [1.29, 1.82) is 0 Å². The summed E-state index contributed by atoms with van der Waals surface area (Å²) in [7, 11) is 0. The Morgan fingerprint density at radius 3 is 2.05 bits per heavy atom. The minimum Gasteiger partial charge on any atom is -0.326 e. The van der Waals surface area contributed by atoms with Gasteiger partial charge in [-0.05, 0) is 41.8 Å². The van der Waals surface area contributed by atoms with Gasteiger partial charge in [0.15, 0.2) is 0 Å². The molecule has 0 aliphatic heterocycles. The summed E-state index contributed by atoms with van der Waals surface area (Å²) in [5.41, 5.74) is 4.12. The molecule has 1 amide bonds. The van der Waals surface area contributed by atoms with Gasteiger partial charge in [-0.3, -0.25) is 4.79 Å². The molecule has 0 fully saturated rings. The van der Waals surface area contributed by atoms with E-state index in [2.05, 4.69) is 11.2 Å². The maximum atomic E-state index is 10.9. The standard InChI is InChI=1S/C17H15NO/c1-3-14-4-6-15(7-5-14)12-16-8-10-17(11-9-16)18-13(2)19/h1,4-11H,12H2,2H3,(H,18,19). The molecule has 0 spiro atoms. The average molecular weight is 249 g/mol. The Kier molecular flexibility index (Phi) is 4.00. The summed E-state index contributed by atoms with van der Waals surface area (Å²) < 4.78 is 0. The van der Waals surface area contributed by atoms with Crippen LogP contribution in [0.5, 0.6) is 0 Å². The van der Waals surface area contributed by atoms with Gasteiger partial charge in [0.05, 0.1) is 0 Å². The third-order valence-electron chi connectivity index (χ3n) is 2.80. The van der Waals surface area contributed by atoms with Crippen molar-refractivity contribution < 1.29 is 4.79 Å². The molecule has 2 aromatic carbocycles. The molecule has 0 saturated carbocycles. The fourth-order valence-corrected chi connectivity index (χ4v) is 1.86. The third-order valence-corrected chi connectivity index (χ3v) is 2.80. The number of nitrogens with one attached hydrogen (secondary N) is 1. The summed E-state index contributed by atoms with van der Waals surface area (Å²) in [5, 5.41) is 2.75. The topological polar surface area (TPSA) is 29.1 Å². The number of amides is 1. The number of rotatable bonds is 3. The Morgan fingerprint density at radius 2 is 1.58 bits per heavy atom. The zero-order valence-electron chi connectivity index (χ0n) is 10.8. The van der Waals surface area contributed by atoms with Gasteiger partial charge in [-0.15, -0.1) is 6.42 Å². The van der Waals surface area contributed by atoms with Crippen molar-refractivity contribution in [2.75, 3.05) is 5.32 Å². The predicted octanol–water partition coefficient (Wildman–Crippen LogP) is 3.22. The molecule has 94 valence electrons. The van der Waals surface area contributed by atoms with Gasteiger partial charge in [-0.25, -0.2) is 0 Å². The highest BCUT2D eigenvalue weighted by molar-refractivity contribution is 5.88. The third kappa shape index (κ3) is 3.72. The summed E-state index contributed by atoms with van der Waals surface area (Å²) in [4.78, 5) is 10.9. The molecule has 0 atom stereocenters. The molecule has 0 radical (unpaired) electrons. The number of anilines is 1. The van der Waals surface area contributed by atoms with Crippen molar-refractivity contribution in [1.82, 2.24) is 0 Å². The van der Waals surface area contributed by atoms with Gasteiger partial charge < -0.3 is 5.32 Å². The van der Waals surface area contributed by atoms with E-state index >= 15 is 0 Å². The van der Waals surface area contributed by atoms with Gasteiger partial charge in [0.1, 0.15) is 0 Å². The van der Waals surface area contributed by atoms with Crippen molar-refractivity contribution in [3.63, 3.8) is 0 Å². The zero-order chi connectivity index (χ0) is 13.7. The number of carbonyl (C=O) groups excluding carboxylic acids is 1. The second-order valence-electron chi connectivity index (χ2n) is 4.40. The van der Waals surface area contributed by atoms with Gasteiger partial charge in [0.2, 0.25) is 5.91 Å². The van der Waals surface area contributed by atoms with Crippen LogP contribution >= 0.6 is 0 Å². The smallest absolute Gasteiger partial charge is 0.221 e. The minimum atomic E-state index is -0.0578. The van der Waals surface area contributed by atoms with Crippen molar-refractivity contribution in [3.05, 3.63) is 65.2 Å². The van der Waals surface area contributed by atoms with Gasteiger partial charge in [-0.1, -0.05) is 30.2 Å². The van der Waals surface area contributed by atoms with E-state index in [-0.39, 0.29) is 5.91 Å². The van der Waals surface area contributed by atoms with Crippen LogP contribution in [0.25, 0.3) is 0 Å². The summed E-state index contributed by atoms with van der Waals surface area (Å²) in [5.74, 6) is 2.55. The zero-order valence-corrected chi connectivity index (χ0v) is 10.8. The molecule has 0 heterocycles. The van der Waals surface area contributed by atoms with Crippen LogP contribution in [0.3, 0.4) is 0 Å². The van der Waals surface area contributed by atoms with Crippen molar-refractivity contribution >= 4 is 11.6 Å². The molecule has 0 bridgehead atoms. The van der Waals surface area contributed by atoms with E-state index in [0.29, 0.717) is 0 Å². The van der Waals surface area contributed by atoms with Gasteiger partial charge in [-0.2, -0.15) is 0 Å². The Balaban J connectivity index is 2.06. The van der Waals surface area contributed by atoms with Gasteiger partial charge >= 0.3 is 0 Å². The molecular formula is C17H15NO. The van der Waals surface area contributed by atoms with Crippen LogP contribution < -0.4 is 5.32 Å². The molecule has 1 N–H and O–H groups in total. The Hall–Kier alpha value is -2.53. The van der Waals surface area contributed by atoms with E-state index in [1.165, 1.54) is 18.1 Å². The quantitative estimate of drug-likeness (QED) is 0.831. The molecule has 2 heteroatoms. The maximum absolute atomic E-state index is 10.9. The highest BCUT2D eigenvalue weighted by Crippen LogP contribution is 2.14. The maximum Gasteiger partial charge on any atom is 0.221 e. The molecule has 0 aromatic heterocycles.